The summed E-state index contributed by atoms with van der Waals surface area (Å²) < 4.78 is 34.6. The number of carbonyl (C=O) groups excluding carboxylic acids is 1. The van der Waals surface area contributed by atoms with Gasteiger partial charge in [0.15, 0.2) is 18.9 Å². The zero-order chi connectivity index (χ0) is 82.4. The van der Waals surface area contributed by atoms with Gasteiger partial charge in [0.1, 0.15) is 73.2 Å². The second-order valence-electron chi connectivity index (χ2n) is 35.2. The van der Waals surface area contributed by atoms with Crippen LogP contribution in [0.2, 0.25) is 0 Å². The second kappa shape index (κ2) is 75.3. The van der Waals surface area contributed by atoms with E-state index < -0.39 is 124 Å². The Balaban J connectivity index is 1.27. The molecule has 0 aromatic carbocycles. The third kappa shape index (κ3) is 52.8. The van der Waals surface area contributed by atoms with Crippen LogP contribution < -0.4 is 5.32 Å². The largest absolute Gasteiger partial charge is 0.394 e. The average Bonchev–Trinajstić information content (AvgIpc) is 0.782. The first kappa shape index (κ1) is 107. The SMILES string of the molecule is CCCCCCCCCC/C=C\CCCCCCCCCCCCCCCCCCCCCCCCCCCCCCCC(=O)NC(COC1OC(CO)C(OC2OC(CO)C(OC3OC(CO)C(O)C(O)C3O)C(O)C2O)C(O)C1O)C(O)CCCCCCCCCCCCCCCCCCCCCCCCCCCCCC. The molecule has 0 spiro atoms. The molecule has 0 bridgehead atoms. The molecule has 0 radical (unpaired) electrons. The van der Waals surface area contributed by atoms with Gasteiger partial charge in [0, 0.05) is 6.42 Å². The number of aliphatic hydroxyl groups is 11. The van der Waals surface area contributed by atoms with Gasteiger partial charge in [-0.15, -0.1) is 0 Å². The molecule has 0 aromatic heterocycles. The number of nitrogens with one attached hydrogen (secondary N) is 1. The summed E-state index contributed by atoms with van der Waals surface area (Å²) in [5.41, 5.74) is 0. The van der Waals surface area contributed by atoms with E-state index in [1.807, 2.05) is 0 Å². The second-order valence-corrected chi connectivity index (χ2v) is 35.2. The van der Waals surface area contributed by atoms with E-state index in [0.717, 1.165) is 44.9 Å². The summed E-state index contributed by atoms with van der Waals surface area (Å²) >= 11 is 0. The maximum absolute atomic E-state index is 13.6. The quantitative estimate of drug-likeness (QED) is 0.0199. The van der Waals surface area contributed by atoms with Crippen molar-refractivity contribution in [1.82, 2.24) is 5.32 Å². The van der Waals surface area contributed by atoms with Crippen LogP contribution in [0.5, 0.6) is 0 Å². The molecule has 1 amide bonds. The highest BCUT2D eigenvalue weighted by molar-refractivity contribution is 5.76. The van der Waals surface area contributed by atoms with Gasteiger partial charge < -0.3 is 89.9 Å². The molecule has 3 aliphatic rings. The summed E-state index contributed by atoms with van der Waals surface area (Å²) in [5, 5.41) is 121. The Morgan fingerprint density at radius 3 is 0.851 bits per heavy atom. The molecule has 3 heterocycles. The van der Waals surface area contributed by atoms with Gasteiger partial charge in [0.2, 0.25) is 5.91 Å². The zero-order valence-electron chi connectivity index (χ0n) is 73.4. The number of unbranched alkanes of at least 4 members (excludes halogenated alkanes) is 64. The lowest BCUT2D eigenvalue weighted by molar-refractivity contribution is -0.379. The predicted octanol–water partition coefficient (Wildman–Crippen LogP) is 19.8. The van der Waals surface area contributed by atoms with E-state index in [1.165, 1.54) is 379 Å². The standard InChI is InChI=1S/C95H183NO18/c1-3-5-7-9-11-13-15-17-19-21-23-25-27-29-31-33-34-35-36-37-38-39-40-41-42-43-44-45-47-49-51-53-55-57-59-61-63-65-67-69-71-73-83(101)96-78(79(100)72-70-68-66-64-62-60-58-56-54-52-50-48-46-32-30-28-26-24-22-20-18-16-14-12-10-8-6-4-2)77-109-93-89(107)86(104)91(81(75-98)111-93)114-95-90(108)87(105)92(82(76-99)112-95)113-94-88(106)85(103)84(102)80(74-97)110-94/h21,23,78-82,84-95,97-100,102-108H,3-20,22,24-77H2,1-2H3,(H,96,101)/b23-21-. The number of carbonyl (C=O) groups is 1. The maximum Gasteiger partial charge on any atom is 0.220 e. The fraction of sp³-hybridized carbons (Fsp3) is 0.968. The fourth-order valence-electron chi connectivity index (χ4n) is 17.1. The van der Waals surface area contributed by atoms with Crippen molar-refractivity contribution >= 4 is 5.91 Å². The van der Waals surface area contributed by atoms with Crippen molar-refractivity contribution in [3.8, 4) is 0 Å². The molecule has 19 nitrogen and oxygen atoms in total. The lowest BCUT2D eigenvalue weighted by Gasteiger charge is -2.48. The maximum atomic E-state index is 13.6. The summed E-state index contributed by atoms with van der Waals surface area (Å²) in [7, 11) is 0. The molecule has 0 aromatic rings. The molecule has 3 aliphatic heterocycles. The van der Waals surface area contributed by atoms with Gasteiger partial charge in [-0.1, -0.05) is 424 Å². The molecule has 0 saturated carbocycles. The number of hydrogen-bond acceptors (Lipinski definition) is 18. The first-order chi connectivity index (χ1) is 55.8. The molecule has 3 saturated heterocycles. The highest BCUT2D eigenvalue weighted by Crippen LogP contribution is 2.34. The number of hydrogen-bond donors (Lipinski definition) is 12. The van der Waals surface area contributed by atoms with Crippen LogP contribution >= 0.6 is 0 Å². The Labute approximate surface area is 696 Å². The van der Waals surface area contributed by atoms with E-state index in [2.05, 4.69) is 31.3 Å². The van der Waals surface area contributed by atoms with Crippen molar-refractivity contribution in [2.45, 2.75) is 561 Å². The van der Waals surface area contributed by atoms with Crippen molar-refractivity contribution in [2.75, 3.05) is 26.4 Å². The van der Waals surface area contributed by atoms with Crippen LogP contribution in [0.15, 0.2) is 12.2 Å². The highest BCUT2D eigenvalue weighted by Gasteiger charge is 2.54. The van der Waals surface area contributed by atoms with Crippen molar-refractivity contribution in [2.24, 2.45) is 0 Å². The number of aliphatic hydroxyl groups excluding tert-OH is 11. The predicted molar refractivity (Wildman–Crippen MR) is 462 cm³/mol. The van der Waals surface area contributed by atoms with Crippen LogP contribution in [0.1, 0.15) is 457 Å². The van der Waals surface area contributed by atoms with Gasteiger partial charge in [0.05, 0.1) is 38.6 Å². The third-order valence-electron chi connectivity index (χ3n) is 24.8. The third-order valence-corrected chi connectivity index (χ3v) is 24.8. The van der Waals surface area contributed by atoms with Crippen LogP contribution in [0.25, 0.3) is 0 Å². The fourth-order valence-corrected chi connectivity index (χ4v) is 17.1. The molecule has 19 heteroatoms. The topological polar surface area (TPSA) is 307 Å². The lowest BCUT2D eigenvalue weighted by atomic mass is 9.96. The smallest absolute Gasteiger partial charge is 0.220 e. The van der Waals surface area contributed by atoms with E-state index in [0.29, 0.717) is 12.8 Å². The molecule has 12 N–H and O–H groups in total. The Kier molecular flexibility index (Phi) is 70.5. The molecule has 3 rings (SSSR count). The first-order valence-corrected chi connectivity index (χ1v) is 48.9. The Bertz CT molecular complexity index is 2100. The molecule has 676 valence electrons. The molecule has 3 fully saturated rings. The van der Waals surface area contributed by atoms with Crippen LogP contribution in [0, 0.1) is 0 Å². The minimum absolute atomic E-state index is 0.231. The molecule has 17 unspecified atom stereocenters. The number of amides is 1. The van der Waals surface area contributed by atoms with Crippen molar-refractivity contribution in [3.05, 3.63) is 12.2 Å². The Hall–Kier alpha value is -1.47. The van der Waals surface area contributed by atoms with Gasteiger partial charge in [-0.05, 0) is 38.5 Å². The lowest BCUT2D eigenvalue weighted by Crippen LogP contribution is -2.66. The normalized spacial score (nSPS) is 24.7. The van der Waals surface area contributed by atoms with E-state index in [4.69, 9.17) is 28.4 Å². The molecular weight excluding hydrogens is 1440 g/mol. The summed E-state index contributed by atoms with van der Waals surface area (Å²) in [5.74, 6) is -0.231. The first-order valence-electron chi connectivity index (χ1n) is 48.9. The monoisotopic (exact) mass is 1630 g/mol. The van der Waals surface area contributed by atoms with Gasteiger partial charge >= 0.3 is 0 Å². The van der Waals surface area contributed by atoms with Gasteiger partial charge in [-0.2, -0.15) is 0 Å². The Morgan fingerprint density at radius 1 is 0.307 bits per heavy atom. The van der Waals surface area contributed by atoms with Crippen LogP contribution in [-0.2, 0) is 33.2 Å². The number of allylic oxidation sites excluding steroid dienone is 2. The van der Waals surface area contributed by atoms with E-state index in [1.54, 1.807) is 0 Å². The number of rotatable bonds is 82. The van der Waals surface area contributed by atoms with Gasteiger partial charge in [0.25, 0.3) is 0 Å². The highest BCUT2D eigenvalue weighted by atomic mass is 16.8. The minimum Gasteiger partial charge on any atom is -0.394 e. The van der Waals surface area contributed by atoms with E-state index in [9.17, 15) is 61.0 Å². The van der Waals surface area contributed by atoms with Crippen molar-refractivity contribution in [3.63, 3.8) is 0 Å². The molecular formula is C95H183NO18. The van der Waals surface area contributed by atoms with Gasteiger partial charge in [-0.3, -0.25) is 4.79 Å². The van der Waals surface area contributed by atoms with Crippen molar-refractivity contribution < 1.29 is 89.4 Å². The Morgan fingerprint density at radius 2 is 0.553 bits per heavy atom. The van der Waals surface area contributed by atoms with Gasteiger partial charge in [-0.25, -0.2) is 0 Å². The summed E-state index contributed by atoms with van der Waals surface area (Å²) in [6.07, 6.45) is 67.9. The summed E-state index contributed by atoms with van der Waals surface area (Å²) in [6.45, 7) is 1.89. The van der Waals surface area contributed by atoms with Crippen LogP contribution in [0.4, 0.5) is 0 Å². The van der Waals surface area contributed by atoms with Crippen molar-refractivity contribution in [1.29, 1.82) is 0 Å². The molecule has 17 atom stereocenters. The van der Waals surface area contributed by atoms with Crippen LogP contribution in [0.3, 0.4) is 0 Å². The number of ether oxygens (including phenoxy) is 6. The zero-order valence-corrected chi connectivity index (χ0v) is 73.4. The molecule has 0 aliphatic carbocycles. The summed E-state index contributed by atoms with van der Waals surface area (Å²) in [4.78, 5) is 13.6. The average molecular weight is 1630 g/mol. The van der Waals surface area contributed by atoms with E-state index >= 15 is 0 Å². The molecule has 114 heavy (non-hydrogen) atoms. The summed E-state index contributed by atoms with van der Waals surface area (Å²) in [6, 6.07) is -0.886. The minimum atomic E-state index is -1.97. The van der Waals surface area contributed by atoms with E-state index in [-0.39, 0.29) is 18.9 Å². The van der Waals surface area contributed by atoms with Crippen LogP contribution in [-0.4, -0.2) is 193 Å².